The van der Waals surface area contributed by atoms with Crippen LogP contribution in [0.3, 0.4) is 0 Å². The molecule has 4 aliphatic heterocycles. The molecule has 2 aromatic carbocycles. The molecule has 0 bridgehead atoms. The van der Waals surface area contributed by atoms with Gasteiger partial charge in [-0.2, -0.15) is 39.5 Å². The van der Waals surface area contributed by atoms with E-state index in [2.05, 4.69) is 30.2 Å². The highest BCUT2D eigenvalue weighted by Gasteiger charge is 2.60. The molecular formula is C45H58ClF9N6O8. The van der Waals surface area contributed by atoms with Crippen molar-refractivity contribution in [3.8, 4) is 0 Å². The summed E-state index contributed by atoms with van der Waals surface area (Å²) in [5.74, 6) is -1.45. The van der Waals surface area contributed by atoms with E-state index in [1.54, 1.807) is 13.0 Å². The normalized spacial score (nSPS) is 19.4. The van der Waals surface area contributed by atoms with Gasteiger partial charge in [-0.15, -0.1) is 0 Å². The van der Waals surface area contributed by atoms with Crippen molar-refractivity contribution in [3.05, 3.63) is 58.1 Å². The maximum Gasteiger partial charge on any atom is 0.434 e. The van der Waals surface area contributed by atoms with Crippen molar-refractivity contribution in [2.24, 2.45) is 11.3 Å². The Morgan fingerprint density at radius 2 is 1.12 bits per heavy atom. The number of aliphatic carboxylic acids is 2. The Morgan fingerprint density at radius 1 is 0.667 bits per heavy atom. The summed E-state index contributed by atoms with van der Waals surface area (Å²) >= 11 is 6.24. The number of alkyl halides is 9. The molecule has 4 saturated heterocycles. The van der Waals surface area contributed by atoms with Crippen molar-refractivity contribution >= 4 is 47.1 Å². The Morgan fingerprint density at radius 3 is 1.57 bits per heavy atom. The van der Waals surface area contributed by atoms with E-state index >= 15 is 0 Å². The molecule has 14 nitrogen and oxygen atoms in total. The number of carboxylic acid groups (broad SMARTS) is 2. The minimum atomic E-state index is -5.75. The van der Waals surface area contributed by atoms with Gasteiger partial charge in [0.1, 0.15) is 0 Å². The van der Waals surface area contributed by atoms with Gasteiger partial charge in [0, 0.05) is 114 Å². The number of amides is 2. The number of hydrogen-bond donors (Lipinski definition) is 2. The number of rotatable bonds is 11. The van der Waals surface area contributed by atoms with E-state index in [1.807, 2.05) is 36.1 Å². The minimum Gasteiger partial charge on any atom is -0.481 e. The molecule has 2 N–H and O–H groups in total. The Labute approximate surface area is 398 Å². The number of nitrogens with zero attached hydrogens (tertiary/aromatic N) is 6. The molecule has 2 amide bonds. The second-order valence-electron chi connectivity index (χ2n) is 18.2. The van der Waals surface area contributed by atoms with Crippen LogP contribution >= 0.6 is 11.6 Å². The van der Waals surface area contributed by atoms with Gasteiger partial charge in [-0.1, -0.05) is 29.8 Å². The number of carboxylic acids is 2. The molecule has 1 unspecified atom stereocenters. The number of piperidine rings is 2. The summed E-state index contributed by atoms with van der Waals surface area (Å²) < 4.78 is 122. The molecule has 0 spiro atoms. The first-order chi connectivity index (χ1) is 32.1. The molecule has 4 fully saturated rings. The van der Waals surface area contributed by atoms with Crippen LogP contribution in [0.4, 0.5) is 60.5 Å². The molecule has 24 heteroatoms. The van der Waals surface area contributed by atoms with E-state index in [4.69, 9.17) is 16.7 Å². The first-order valence-electron chi connectivity index (χ1n) is 22.5. The highest BCUT2D eigenvalue weighted by Crippen LogP contribution is 2.38. The summed E-state index contributed by atoms with van der Waals surface area (Å²) in [5.41, 5.74) is 4.32. The molecule has 2 aromatic rings. The average molecular weight is 1020 g/mol. The van der Waals surface area contributed by atoms with E-state index in [1.165, 1.54) is 4.90 Å². The first kappa shape index (κ1) is 55.0. The fourth-order valence-corrected chi connectivity index (χ4v) is 8.76. The van der Waals surface area contributed by atoms with Gasteiger partial charge in [-0.05, 0) is 87.3 Å². The van der Waals surface area contributed by atoms with Crippen LogP contribution < -0.4 is 9.80 Å². The molecule has 6 rings (SSSR count). The predicted octanol–water partition coefficient (Wildman–Crippen LogP) is 8.67. The number of carbonyl (C=O) groups excluding carboxylic acids is 2. The van der Waals surface area contributed by atoms with Crippen molar-refractivity contribution < 1.29 is 78.4 Å². The lowest BCUT2D eigenvalue weighted by Crippen LogP contribution is -2.52. The van der Waals surface area contributed by atoms with Crippen LogP contribution in [0.25, 0.3) is 0 Å². The van der Waals surface area contributed by atoms with Crippen LogP contribution in [0.2, 0.25) is 5.02 Å². The topological polar surface area (TPSA) is 147 Å². The zero-order valence-corrected chi connectivity index (χ0v) is 39.2. The molecule has 4 heterocycles. The second kappa shape index (κ2) is 22.9. The Kier molecular flexibility index (Phi) is 18.3. The van der Waals surface area contributed by atoms with Crippen molar-refractivity contribution in [3.63, 3.8) is 0 Å². The lowest BCUT2D eigenvalue weighted by Gasteiger charge is -2.39. The number of benzene rings is 2. The monoisotopic (exact) mass is 1020 g/mol. The van der Waals surface area contributed by atoms with Gasteiger partial charge >= 0.3 is 42.7 Å². The molecule has 4 aliphatic rings. The van der Waals surface area contributed by atoms with E-state index in [0.717, 1.165) is 52.7 Å². The number of ether oxygens (including phenoxy) is 2. The van der Waals surface area contributed by atoms with Gasteiger partial charge in [0.05, 0.1) is 5.41 Å². The highest BCUT2D eigenvalue weighted by molar-refractivity contribution is 6.30. The van der Waals surface area contributed by atoms with Gasteiger partial charge < -0.3 is 39.3 Å². The second-order valence-corrected chi connectivity index (χ2v) is 18.7. The Hall–Kier alpha value is -4.90. The molecule has 0 aromatic heterocycles. The Bertz CT molecular complexity index is 2070. The van der Waals surface area contributed by atoms with Gasteiger partial charge in [-0.3, -0.25) is 19.4 Å². The standard InChI is InChI=1S/C23H29F6N3O4.C22H29ClF3N3O4/c1-15-2-3-17(18(12-15)31-6-4-16(5-7-31)13-19(33)34)14-30-8-10-32(11-9-30)21(35)36-20(22(24,25)26)23(27,28)29;1-15(22(24,25)26)33-20(32)29-11-9-27(10-12-29)14-16-3-4-17(23)13-18(16)28-7-5-21(2,6-8-28)19(30)31/h2-3,12,16,20H,4-11,13-14H2,1H3,(H,33,34);3-4,13,15H,5-12,14H2,1-2H3,(H,30,31). The summed E-state index contributed by atoms with van der Waals surface area (Å²) in [7, 11) is 0. The highest BCUT2D eigenvalue weighted by atomic mass is 35.5. The van der Waals surface area contributed by atoms with Crippen LogP contribution in [0.15, 0.2) is 36.4 Å². The number of anilines is 2. The molecule has 0 radical (unpaired) electrons. The SMILES string of the molecule is CC(OC(=O)N1CCN(Cc2ccc(Cl)cc2N2CCC(C)(C(=O)O)CC2)CC1)C(F)(F)F.Cc1ccc(CN2CCN(C(=O)OC(C(F)(F)F)C(F)(F)F)CC2)c(N2CCC(CC(=O)O)CC2)c1. The molecule has 0 saturated carbocycles. The van der Waals surface area contributed by atoms with E-state index < -0.39 is 60.3 Å². The quantitative estimate of drug-likeness (QED) is 0.208. The average Bonchev–Trinajstić information content (AvgIpc) is 3.26. The van der Waals surface area contributed by atoms with Gasteiger partial charge in [0.2, 0.25) is 0 Å². The third-order valence-electron chi connectivity index (χ3n) is 13.0. The molecule has 69 heavy (non-hydrogen) atoms. The van der Waals surface area contributed by atoms with Gasteiger partial charge in [0.25, 0.3) is 6.10 Å². The number of hydrogen-bond acceptors (Lipinski definition) is 10. The fourth-order valence-electron chi connectivity index (χ4n) is 8.59. The third kappa shape index (κ3) is 15.5. The summed E-state index contributed by atoms with van der Waals surface area (Å²) in [4.78, 5) is 57.2. The van der Waals surface area contributed by atoms with Crippen molar-refractivity contribution in [2.45, 2.75) is 96.7 Å². The maximum absolute atomic E-state index is 12.7. The summed E-state index contributed by atoms with van der Waals surface area (Å²) in [6.45, 7) is 10.2. The smallest absolute Gasteiger partial charge is 0.434 e. The number of piperazine rings is 2. The largest absolute Gasteiger partial charge is 0.481 e. The van der Waals surface area contributed by atoms with Crippen LogP contribution in [-0.2, 0) is 32.2 Å². The maximum atomic E-state index is 12.7. The lowest BCUT2D eigenvalue weighted by atomic mass is 9.80. The van der Waals surface area contributed by atoms with E-state index in [0.29, 0.717) is 70.2 Å². The summed E-state index contributed by atoms with van der Waals surface area (Å²) in [5, 5.41) is 19.1. The van der Waals surface area contributed by atoms with Crippen molar-refractivity contribution in [1.29, 1.82) is 0 Å². The molecule has 386 valence electrons. The van der Waals surface area contributed by atoms with Crippen LogP contribution in [0.5, 0.6) is 0 Å². The van der Waals surface area contributed by atoms with Crippen molar-refractivity contribution in [1.82, 2.24) is 19.6 Å². The van der Waals surface area contributed by atoms with Crippen LogP contribution in [0, 0.1) is 18.3 Å². The predicted molar refractivity (Wildman–Crippen MR) is 235 cm³/mol. The first-order valence-corrected chi connectivity index (χ1v) is 22.9. The zero-order valence-electron chi connectivity index (χ0n) is 38.4. The summed E-state index contributed by atoms with van der Waals surface area (Å²) in [6.07, 6.45) is -22.3. The number of halogens is 10. The third-order valence-corrected chi connectivity index (χ3v) is 13.3. The molecule has 1 atom stereocenters. The van der Waals surface area contributed by atoms with E-state index in [9.17, 15) is 63.8 Å². The fraction of sp³-hybridized carbons (Fsp3) is 0.644. The zero-order chi connectivity index (χ0) is 51.1. The molecular weight excluding hydrogens is 959 g/mol. The lowest BCUT2D eigenvalue weighted by molar-refractivity contribution is -0.308. The van der Waals surface area contributed by atoms with Gasteiger partial charge in [-0.25, -0.2) is 9.59 Å². The minimum absolute atomic E-state index is 0.0664. The number of aryl methyl sites for hydroxylation is 1. The van der Waals surface area contributed by atoms with Crippen LogP contribution in [-0.4, -0.2) is 163 Å². The van der Waals surface area contributed by atoms with Crippen molar-refractivity contribution in [2.75, 3.05) is 88.3 Å². The summed E-state index contributed by atoms with van der Waals surface area (Å²) in [6, 6.07) is 11.6. The molecule has 0 aliphatic carbocycles. The van der Waals surface area contributed by atoms with Gasteiger partial charge in [0.15, 0.2) is 6.10 Å². The number of carbonyl (C=O) groups is 4. The van der Waals surface area contributed by atoms with Crippen LogP contribution in [0.1, 0.15) is 62.6 Å². The Balaban J connectivity index is 0.000000258. The van der Waals surface area contributed by atoms with E-state index in [-0.39, 0.29) is 51.6 Å².